The number of carbonyl (C=O) groups is 1. The quantitative estimate of drug-likeness (QED) is 0.514. The number of ether oxygens (including phenoxy) is 1. The highest BCUT2D eigenvalue weighted by atomic mass is 16.5. The molecular formula is C29H35N5O2. The molecule has 3 aromatic rings. The van der Waals surface area contributed by atoms with Crippen LogP contribution in [0, 0.1) is 6.92 Å². The van der Waals surface area contributed by atoms with Gasteiger partial charge in [-0.3, -0.25) is 14.5 Å². The maximum absolute atomic E-state index is 12.6. The summed E-state index contributed by atoms with van der Waals surface area (Å²) in [4.78, 5) is 19.2. The summed E-state index contributed by atoms with van der Waals surface area (Å²) >= 11 is 0. The minimum absolute atomic E-state index is 0.0667. The molecule has 188 valence electrons. The van der Waals surface area contributed by atoms with E-state index >= 15 is 0 Å². The van der Waals surface area contributed by atoms with Gasteiger partial charge >= 0.3 is 0 Å². The van der Waals surface area contributed by atoms with Gasteiger partial charge in [0.25, 0.3) is 0 Å². The minimum atomic E-state index is 0.0667. The lowest BCUT2D eigenvalue weighted by Gasteiger charge is -2.36. The summed E-state index contributed by atoms with van der Waals surface area (Å²) in [5.41, 5.74) is 6.25. The second-order valence-corrected chi connectivity index (χ2v) is 10.7. The number of nitrogens with zero attached hydrogens (tertiary/aromatic N) is 4. The Morgan fingerprint density at radius 3 is 2.67 bits per heavy atom. The lowest BCUT2D eigenvalue weighted by atomic mass is 9.92. The van der Waals surface area contributed by atoms with Crippen molar-refractivity contribution in [1.82, 2.24) is 20.1 Å². The number of benzene rings is 1. The Balaban J connectivity index is 1.45. The van der Waals surface area contributed by atoms with Gasteiger partial charge in [0, 0.05) is 65.3 Å². The summed E-state index contributed by atoms with van der Waals surface area (Å²) in [6.45, 7) is 7.87. The number of carbonyl (C=O) groups excluding carboxylic acids is 1. The van der Waals surface area contributed by atoms with Crippen LogP contribution in [-0.2, 0) is 11.2 Å². The molecule has 1 saturated carbocycles. The number of hydrogen-bond donors (Lipinski definition) is 1. The van der Waals surface area contributed by atoms with Crippen molar-refractivity contribution in [3.63, 3.8) is 0 Å². The Morgan fingerprint density at radius 1 is 1.11 bits per heavy atom. The van der Waals surface area contributed by atoms with E-state index in [1.165, 1.54) is 12.8 Å². The smallest absolute Gasteiger partial charge is 0.224 e. The molecule has 2 fully saturated rings. The number of fused-ring (bicyclic) bond motifs is 1. The predicted octanol–water partition coefficient (Wildman–Crippen LogP) is 5.54. The SMILES string of the molecule is CC(=O)N1c2ccc(-c3cnn(C4CCNCC4)c3)c(Oc3cc(C4CC4)ncc3C)c2CCC1C. The van der Waals surface area contributed by atoms with Crippen LogP contribution >= 0.6 is 0 Å². The molecule has 2 aliphatic heterocycles. The van der Waals surface area contributed by atoms with Crippen molar-refractivity contribution in [2.75, 3.05) is 18.0 Å². The maximum atomic E-state index is 12.6. The number of rotatable bonds is 5. The molecule has 1 N–H and O–H groups in total. The van der Waals surface area contributed by atoms with Crippen molar-refractivity contribution in [1.29, 1.82) is 0 Å². The normalized spacial score (nSPS) is 20.3. The molecule has 1 aliphatic carbocycles. The summed E-state index contributed by atoms with van der Waals surface area (Å²) < 4.78 is 8.92. The Hall–Kier alpha value is -3.19. The third kappa shape index (κ3) is 4.30. The molecule has 1 unspecified atom stereocenters. The van der Waals surface area contributed by atoms with Crippen LogP contribution in [0.5, 0.6) is 11.5 Å². The fourth-order valence-electron chi connectivity index (χ4n) is 5.72. The molecule has 7 nitrogen and oxygen atoms in total. The molecule has 1 atom stereocenters. The predicted molar refractivity (Wildman–Crippen MR) is 141 cm³/mol. The van der Waals surface area contributed by atoms with Gasteiger partial charge in [-0.25, -0.2) is 0 Å². The van der Waals surface area contributed by atoms with Crippen LogP contribution in [-0.4, -0.2) is 39.8 Å². The van der Waals surface area contributed by atoms with Crippen molar-refractivity contribution in [2.45, 2.75) is 77.3 Å². The monoisotopic (exact) mass is 485 g/mol. The summed E-state index contributed by atoms with van der Waals surface area (Å²) in [5, 5.41) is 8.19. The van der Waals surface area contributed by atoms with E-state index in [9.17, 15) is 4.79 Å². The Bertz CT molecular complexity index is 1290. The second-order valence-electron chi connectivity index (χ2n) is 10.7. The fourth-order valence-corrected chi connectivity index (χ4v) is 5.72. The maximum Gasteiger partial charge on any atom is 0.224 e. The van der Waals surface area contributed by atoms with Crippen LogP contribution in [0.25, 0.3) is 11.1 Å². The molecule has 6 rings (SSSR count). The largest absolute Gasteiger partial charge is 0.456 e. The molecule has 1 amide bonds. The third-order valence-corrected chi connectivity index (χ3v) is 7.97. The first-order valence-corrected chi connectivity index (χ1v) is 13.3. The molecule has 0 spiro atoms. The molecule has 1 aromatic carbocycles. The zero-order valence-corrected chi connectivity index (χ0v) is 21.5. The van der Waals surface area contributed by atoms with Crippen LogP contribution in [0.4, 0.5) is 5.69 Å². The summed E-state index contributed by atoms with van der Waals surface area (Å²) in [7, 11) is 0. The van der Waals surface area contributed by atoms with Crippen LogP contribution in [0.1, 0.15) is 74.7 Å². The highest BCUT2D eigenvalue weighted by Gasteiger charge is 2.31. The Morgan fingerprint density at radius 2 is 1.92 bits per heavy atom. The molecule has 36 heavy (non-hydrogen) atoms. The van der Waals surface area contributed by atoms with E-state index in [2.05, 4.69) is 46.3 Å². The molecular weight excluding hydrogens is 450 g/mol. The van der Waals surface area contributed by atoms with E-state index in [1.807, 2.05) is 24.2 Å². The first-order valence-electron chi connectivity index (χ1n) is 13.3. The van der Waals surface area contributed by atoms with E-state index in [-0.39, 0.29) is 11.9 Å². The van der Waals surface area contributed by atoms with Gasteiger partial charge in [0.05, 0.1) is 17.9 Å². The molecule has 2 aromatic heterocycles. The minimum Gasteiger partial charge on any atom is -0.456 e. The van der Waals surface area contributed by atoms with Crippen molar-refractivity contribution < 1.29 is 9.53 Å². The standard InChI is InChI=1S/C29H35N5O2/c1-18-15-31-26(21-5-6-21)14-28(18)36-29-24(22-16-32-33(17-22)23-10-12-30-13-11-23)8-9-27-25(29)7-4-19(2)34(27)20(3)35/h8-9,14-17,19,21,23,30H,4-7,10-13H2,1-3H3. The van der Waals surface area contributed by atoms with E-state index in [4.69, 9.17) is 9.84 Å². The number of aryl methyl sites for hydroxylation is 1. The number of piperidine rings is 1. The van der Waals surface area contributed by atoms with Crippen LogP contribution in [0.2, 0.25) is 0 Å². The molecule has 3 aliphatic rings. The van der Waals surface area contributed by atoms with Crippen LogP contribution in [0.3, 0.4) is 0 Å². The molecule has 4 heterocycles. The average Bonchev–Trinajstić information content (AvgIpc) is 3.62. The molecule has 7 heteroatoms. The van der Waals surface area contributed by atoms with Gasteiger partial charge in [0.2, 0.25) is 5.91 Å². The van der Waals surface area contributed by atoms with E-state index in [1.54, 1.807) is 6.92 Å². The number of pyridine rings is 1. The van der Waals surface area contributed by atoms with Crippen LogP contribution in [0.15, 0.2) is 36.8 Å². The highest BCUT2D eigenvalue weighted by Crippen LogP contribution is 2.46. The summed E-state index contributed by atoms with van der Waals surface area (Å²) in [6, 6.07) is 6.89. The number of nitrogens with one attached hydrogen (secondary N) is 1. The van der Waals surface area contributed by atoms with Gasteiger partial charge in [-0.1, -0.05) is 0 Å². The topological polar surface area (TPSA) is 72.3 Å². The Labute approximate surface area is 212 Å². The Kier molecular flexibility index (Phi) is 6.04. The van der Waals surface area contributed by atoms with Crippen molar-refractivity contribution in [3.05, 3.63) is 53.6 Å². The number of anilines is 1. The fraction of sp³-hybridized carbons (Fsp3) is 0.483. The van der Waals surface area contributed by atoms with Gasteiger partial charge < -0.3 is 15.0 Å². The van der Waals surface area contributed by atoms with E-state index in [0.717, 1.165) is 83.9 Å². The zero-order valence-electron chi connectivity index (χ0n) is 21.5. The van der Waals surface area contributed by atoms with E-state index in [0.29, 0.717) is 12.0 Å². The lowest BCUT2D eigenvalue weighted by molar-refractivity contribution is -0.117. The van der Waals surface area contributed by atoms with Crippen LogP contribution < -0.4 is 15.0 Å². The van der Waals surface area contributed by atoms with Gasteiger partial charge in [0.15, 0.2) is 0 Å². The lowest BCUT2D eigenvalue weighted by Crippen LogP contribution is -2.40. The average molecular weight is 486 g/mol. The molecule has 1 saturated heterocycles. The third-order valence-electron chi connectivity index (χ3n) is 7.97. The zero-order chi connectivity index (χ0) is 24.8. The second kappa shape index (κ2) is 9.36. The highest BCUT2D eigenvalue weighted by molar-refractivity contribution is 5.95. The van der Waals surface area contributed by atoms with E-state index < -0.39 is 0 Å². The van der Waals surface area contributed by atoms with Gasteiger partial charge in [-0.2, -0.15) is 5.10 Å². The molecule has 0 bridgehead atoms. The summed E-state index contributed by atoms with van der Waals surface area (Å²) in [5.74, 6) is 2.30. The van der Waals surface area contributed by atoms with Gasteiger partial charge in [0.1, 0.15) is 11.5 Å². The number of amides is 1. The number of hydrogen-bond acceptors (Lipinski definition) is 5. The van der Waals surface area contributed by atoms with Crippen molar-refractivity contribution in [2.24, 2.45) is 0 Å². The molecule has 0 radical (unpaired) electrons. The van der Waals surface area contributed by atoms with Crippen molar-refractivity contribution >= 4 is 11.6 Å². The first kappa shape index (κ1) is 23.2. The van der Waals surface area contributed by atoms with Crippen molar-refractivity contribution in [3.8, 4) is 22.6 Å². The van der Waals surface area contributed by atoms with Gasteiger partial charge in [-0.05, 0) is 77.6 Å². The summed E-state index contributed by atoms with van der Waals surface area (Å²) in [6.07, 6.45) is 12.4. The first-order chi connectivity index (χ1) is 17.5. The van der Waals surface area contributed by atoms with Gasteiger partial charge in [-0.15, -0.1) is 0 Å². The number of aromatic nitrogens is 3.